The second kappa shape index (κ2) is 8.79. The summed E-state index contributed by atoms with van der Waals surface area (Å²) < 4.78 is 0. The Morgan fingerprint density at radius 1 is 0.839 bits per heavy atom. The summed E-state index contributed by atoms with van der Waals surface area (Å²) >= 11 is 0. The van der Waals surface area contributed by atoms with E-state index in [-0.39, 0.29) is 11.8 Å². The van der Waals surface area contributed by atoms with Crippen LogP contribution in [0.3, 0.4) is 0 Å². The number of hydrogen-bond donors (Lipinski definition) is 2. The fraction of sp³-hybridized carbons (Fsp3) is 0.115. The molecule has 3 aromatic carbocycles. The molecule has 154 valence electrons. The molecule has 0 fully saturated rings. The van der Waals surface area contributed by atoms with Gasteiger partial charge in [-0.05, 0) is 55.8 Å². The SMILES string of the molecule is Cc1ccc(C(=O)Nc2cccc(CNC(=O)c3cc(C)nc4ccccc34)c2)cc1. The number of aromatic nitrogens is 1. The molecule has 0 bridgehead atoms. The molecule has 1 heterocycles. The Labute approximate surface area is 181 Å². The summed E-state index contributed by atoms with van der Waals surface area (Å²) in [7, 11) is 0. The van der Waals surface area contributed by atoms with Crippen molar-refractivity contribution in [2.24, 2.45) is 0 Å². The molecular weight excluding hydrogens is 386 g/mol. The monoisotopic (exact) mass is 409 g/mol. The van der Waals surface area contributed by atoms with Crippen molar-refractivity contribution in [2.45, 2.75) is 20.4 Å². The number of aryl methyl sites for hydroxylation is 2. The summed E-state index contributed by atoms with van der Waals surface area (Å²) in [6.45, 7) is 4.21. The van der Waals surface area contributed by atoms with Crippen LogP contribution in [0.2, 0.25) is 0 Å². The minimum absolute atomic E-state index is 0.157. The van der Waals surface area contributed by atoms with E-state index in [0.29, 0.717) is 23.4 Å². The van der Waals surface area contributed by atoms with Crippen molar-refractivity contribution < 1.29 is 9.59 Å². The van der Waals surface area contributed by atoms with Crippen LogP contribution in [0.4, 0.5) is 5.69 Å². The van der Waals surface area contributed by atoms with Crippen LogP contribution in [-0.4, -0.2) is 16.8 Å². The van der Waals surface area contributed by atoms with Gasteiger partial charge in [0.25, 0.3) is 11.8 Å². The minimum atomic E-state index is -0.167. The number of anilines is 1. The third-order valence-electron chi connectivity index (χ3n) is 5.04. The first-order valence-corrected chi connectivity index (χ1v) is 10.1. The number of nitrogens with zero attached hydrogens (tertiary/aromatic N) is 1. The number of carbonyl (C=O) groups excluding carboxylic acids is 2. The zero-order valence-corrected chi connectivity index (χ0v) is 17.5. The molecule has 0 aliphatic rings. The van der Waals surface area contributed by atoms with Crippen molar-refractivity contribution in [3.8, 4) is 0 Å². The van der Waals surface area contributed by atoms with Crippen molar-refractivity contribution in [1.29, 1.82) is 0 Å². The number of nitrogens with one attached hydrogen (secondary N) is 2. The van der Waals surface area contributed by atoms with E-state index in [1.165, 1.54) is 0 Å². The number of amides is 2. The molecule has 31 heavy (non-hydrogen) atoms. The van der Waals surface area contributed by atoms with Crippen LogP contribution < -0.4 is 10.6 Å². The number of para-hydroxylation sites is 1. The molecule has 0 saturated heterocycles. The molecule has 0 spiro atoms. The highest BCUT2D eigenvalue weighted by Gasteiger charge is 2.12. The molecule has 0 aliphatic heterocycles. The van der Waals surface area contributed by atoms with Crippen LogP contribution >= 0.6 is 0 Å². The summed E-state index contributed by atoms with van der Waals surface area (Å²) in [6, 6.07) is 24.3. The second-order valence-corrected chi connectivity index (χ2v) is 7.53. The van der Waals surface area contributed by atoms with E-state index >= 15 is 0 Å². The summed E-state index contributed by atoms with van der Waals surface area (Å²) in [5.41, 5.74) is 5.48. The minimum Gasteiger partial charge on any atom is -0.348 e. The first-order chi connectivity index (χ1) is 15.0. The highest BCUT2D eigenvalue weighted by molar-refractivity contribution is 6.06. The van der Waals surface area contributed by atoms with Gasteiger partial charge in [-0.3, -0.25) is 14.6 Å². The Bertz CT molecular complexity index is 1260. The lowest BCUT2D eigenvalue weighted by atomic mass is 10.1. The molecule has 0 unspecified atom stereocenters. The molecule has 0 saturated carbocycles. The van der Waals surface area contributed by atoms with Gasteiger partial charge >= 0.3 is 0 Å². The Morgan fingerprint density at radius 2 is 1.61 bits per heavy atom. The maximum Gasteiger partial charge on any atom is 0.255 e. The van der Waals surface area contributed by atoms with E-state index in [4.69, 9.17) is 0 Å². The molecule has 0 atom stereocenters. The second-order valence-electron chi connectivity index (χ2n) is 7.53. The molecule has 0 aliphatic carbocycles. The fourth-order valence-electron chi connectivity index (χ4n) is 3.44. The lowest BCUT2D eigenvalue weighted by Gasteiger charge is -2.11. The fourth-order valence-corrected chi connectivity index (χ4v) is 3.44. The van der Waals surface area contributed by atoms with E-state index in [1.54, 1.807) is 18.2 Å². The van der Waals surface area contributed by atoms with Gasteiger partial charge in [0.1, 0.15) is 0 Å². The molecule has 5 heteroatoms. The molecular formula is C26H23N3O2. The Balaban J connectivity index is 1.45. The van der Waals surface area contributed by atoms with Crippen LogP contribution in [0.1, 0.15) is 37.5 Å². The maximum atomic E-state index is 12.9. The molecule has 2 amide bonds. The smallest absolute Gasteiger partial charge is 0.255 e. The van der Waals surface area contributed by atoms with E-state index < -0.39 is 0 Å². The van der Waals surface area contributed by atoms with Gasteiger partial charge in [0.05, 0.1) is 11.1 Å². The zero-order valence-electron chi connectivity index (χ0n) is 17.5. The van der Waals surface area contributed by atoms with Crippen molar-refractivity contribution in [3.63, 3.8) is 0 Å². The number of hydrogen-bond acceptors (Lipinski definition) is 3. The molecule has 5 nitrogen and oxygen atoms in total. The quantitative estimate of drug-likeness (QED) is 0.485. The third-order valence-corrected chi connectivity index (χ3v) is 5.04. The first-order valence-electron chi connectivity index (χ1n) is 10.1. The molecule has 4 aromatic rings. The van der Waals surface area contributed by atoms with E-state index in [2.05, 4.69) is 15.6 Å². The predicted octanol–water partition coefficient (Wildman–Crippen LogP) is 5.03. The summed E-state index contributed by atoms with van der Waals surface area (Å²) in [5.74, 6) is -0.323. The van der Waals surface area contributed by atoms with E-state index in [9.17, 15) is 9.59 Å². The van der Waals surface area contributed by atoms with Crippen LogP contribution in [0, 0.1) is 13.8 Å². The molecule has 0 radical (unpaired) electrons. The molecule has 1 aromatic heterocycles. The molecule has 2 N–H and O–H groups in total. The van der Waals surface area contributed by atoms with Crippen LogP contribution in [0.25, 0.3) is 10.9 Å². The van der Waals surface area contributed by atoms with Crippen molar-refractivity contribution in [1.82, 2.24) is 10.3 Å². The topological polar surface area (TPSA) is 71.1 Å². The van der Waals surface area contributed by atoms with Gasteiger partial charge in [-0.2, -0.15) is 0 Å². The van der Waals surface area contributed by atoms with Gasteiger partial charge in [0.2, 0.25) is 0 Å². The first kappa shape index (κ1) is 20.3. The maximum absolute atomic E-state index is 12.9. The third kappa shape index (κ3) is 4.78. The van der Waals surface area contributed by atoms with Crippen LogP contribution in [0.15, 0.2) is 78.9 Å². The van der Waals surface area contributed by atoms with Crippen LogP contribution in [-0.2, 0) is 6.54 Å². The standard InChI is InChI=1S/C26H23N3O2/c1-17-10-12-20(13-11-17)25(30)29-21-7-5-6-19(15-21)16-27-26(31)23-14-18(2)28-24-9-4-3-8-22(23)24/h3-15H,16H2,1-2H3,(H,27,31)(H,29,30). The van der Waals surface area contributed by atoms with Gasteiger partial charge in [0.15, 0.2) is 0 Å². The summed E-state index contributed by atoms with van der Waals surface area (Å²) in [4.78, 5) is 29.8. The van der Waals surface area contributed by atoms with Gasteiger partial charge in [-0.15, -0.1) is 0 Å². The average Bonchev–Trinajstić information content (AvgIpc) is 2.77. The van der Waals surface area contributed by atoms with Gasteiger partial charge in [-0.25, -0.2) is 0 Å². The Hall–Kier alpha value is -3.99. The highest BCUT2D eigenvalue weighted by atomic mass is 16.2. The van der Waals surface area contributed by atoms with Crippen molar-refractivity contribution >= 4 is 28.4 Å². The summed E-state index contributed by atoms with van der Waals surface area (Å²) in [5, 5.41) is 6.71. The van der Waals surface area contributed by atoms with E-state index in [0.717, 1.165) is 27.7 Å². The number of rotatable bonds is 5. The molecule has 4 rings (SSSR count). The number of pyridine rings is 1. The van der Waals surface area contributed by atoms with Crippen molar-refractivity contribution in [3.05, 3.63) is 107 Å². The Morgan fingerprint density at radius 3 is 2.42 bits per heavy atom. The number of benzene rings is 3. The van der Waals surface area contributed by atoms with Gasteiger partial charge in [-0.1, -0.05) is 48.0 Å². The zero-order chi connectivity index (χ0) is 21.8. The van der Waals surface area contributed by atoms with Crippen molar-refractivity contribution in [2.75, 3.05) is 5.32 Å². The van der Waals surface area contributed by atoms with Crippen LogP contribution in [0.5, 0.6) is 0 Å². The van der Waals surface area contributed by atoms with Gasteiger partial charge in [0, 0.05) is 28.9 Å². The lowest BCUT2D eigenvalue weighted by molar-refractivity contribution is 0.0951. The largest absolute Gasteiger partial charge is 0.348 e. The normalized spacial score (nSPS) is 10.6. The Kier molecular flexibility index (Phi) is 5.76. The van der Waals surface area contributed by atoms with Gasteiger partial charge < -0.3 is 10.6 Å². The lowest BCUT2D eigenvalue weighted by Crippen LogP contribution is -2.23. The number of carbonyl (C=O) groups is 2. The van der Waals surface area contributed by atoms with E-state index in [1.807, 2.05) is 74.5 Å². The average molecular weight is 409 g/mol. The number of fused-ring (bicyclic) bond motifs is 1. The predicted molar refractivity (Wildman–Crippen MR) is 123 cm³/mol. The summed E-state index contributed by atoms with van der Waals surface area (Å²) in [6.07, 6.45) is 0. The highest BCUT2D eigenvalue weighted by Crippen LogP contribution is 2.19.